The van der Waals surface area contributed by atoms with Crippen LogP contribution in [0, 0.1) is 0 Å². The van der Waals surface area contributed by atoms with Gasteiger partial charge in [-0.15, -0.1) is 0 Å². The summed E-state index contributed by atoms with van der Waals surface area (Å²) < 4.78 is 0. The predicted molar refractivity (Wildman–Crippen MR) is 46.8 cm³/mol. The molecule has 0 aliphatic carbocycles. The second-order valence-corrected chi connectivity index (χ2v) is 2.78. The zero-order valence-electron chi connectivity index (χ0n) is 5.79. The van der Waals surface area contributed by atoms with Crippen molar-refractivity contribution in [2.45, 2.75) is 0 Å². The fourth-order valence-corrected chi connectivity index (χ4v) is 1.23. The van der Waals surface area contributed by atoms with Crippen molar-refractivity contribution in [1.82, 2.24) is 4.98 Å². The van der Waals surface area contributed by atoms with Gasteiger partial charge < -0.3 is 0 Å². The molecule has 0 bridgehead atoms. The van der Waals surface area contributed by atoms with Gasteiger partial charge in [0.2, 0.25) is 0 Å². The second-order valence-electron chi connectivity index (χ2n) is 2.34. The molecule has 0 radical (unpaired) electrons. The van der Waals surface area contributed by atoms with Crippen molar-refractivity contribution in [3.63, 3.8) is 0 Å². The molecule has 0 unspecified atom stereocenters. The summed E-state index contributed by atoms with van der Waals surface area (Å²) in [5.74, 6) is 0. The number of aromatic nitrogens is 1. The van der Waals surface area contributed by atoms with E-state index in [2.05, 4.69) is 4.98 Å². The third kappa shape index (κ3) is 1.19. The van der Waals surface area contributed by atoms with Crippen molar-refractivity contribution in [3.05, 3.63) is 41.6 Å². The summed E-state index contributed by atoms with van der Waals surface area (Å²) in [6, 6.07) is 9.56. The maximum atomic E-state index is 5.79. The third-order valence-electron chi connectivity index (χ3n) is 1.57. The van der Waals surface area contributed by atoms with Gasteiger partial charge in [-0.3, -0.25) is 4.98 Å². The van der Waals surface area contributed by atoms with Crippen molar-refractivity contribution in [2.75, 3.05) is 0 Å². The van der Waals surface area contributed by atoms with Gasteiger partial charge in [0.15, 0.2) is 0 Å². The molecule has 0 spiro atoms. The topological polar surface area (TPSA) is 12.9 Å². The fraction of sp³-hybridized carbons (Fsp3) is 0. The van der Waals surface area contributed by atoms with Crippen LogP contribution in [0.25, 0.3) is 10.9 Å². The summed E-state index contributed by atoms with van der Waals surface area (Å²) in [6.45, 7) is 0. The molecule has 2 rings (SSSR count). The largest absolute Gasteiger partial charge is 0.256 e. The molecule has 11 heavy (non-hydrogen) atoms. The molecule has 0 fully saturated rings. The Bertz CT molecular complexity index is 384. The maximum Gasteiger partial charge on any atom is 0.0702 e. The Labute approximate surface area is 69.6 Å². The minimum Gasteiger partial charge on any atom is -0.256 e. The van der Waals surface area contributed by atoms with E-state index in [0.29, 0.717) is 0 Å². The average Bonchev–Trinajstić information content (AvgIpc) is 2.04. The third-order valence-corrected chi connectivity index (χ3v) is 1.80. The number of pyridine rings is 1. The van der Waals surface area contributed by atoms with Crippen molar-refractivity contribution in [1.29, 1.82) is 0 Å². The quantitative estimate of drug-likeness (QED) is 0.585. The van der Waals surface area contributed by atoms with Crippen LogP contribution in [0.5, 0.6) is 0 Å². The number of fused-ring (bicyclic) bond motifs is 1. The molecule has 0 atom stereocenters. The predicted octanol–water partition coefficient (Wildman–Crippen LogP) is 2.89. The number of benzene rings is 1. The minimum absolute atomic E-state index is 0.755. The standard InChI is InChI=1S/C9H6ClN/c10-8-3-4-9-7(6-8)2-1-5-11-9/h1-6H/i2+1,5+1. The average molecular weight is 166 g/mol. The summed E-state index contributed by atoms with van der Waals surface area (Å²) in [4.78, 5) is 4.16. The summed E-state index contributed by atoms with van der Waals surface area (Å²) in [5.41, 5.74) is 0.983. The Kier molecular flexibility index (Phi) is 1.51. The molecule has 2 aromatic rings. The van der Waals surface area contributed by atoms with Gasteiger partial charge in [-0.05, 0) is 24.3 Å². The van der Waals surface area contributed by atoms with Crippen LogP contribution >= 0.6 is 11.6 Å². The van der Waals surface area contributed by atoms with Crippen LogP contribution in [0.4, 0.5) is 0 Å². The molecule has 54 valence electrons. The Balaban J connectivity index is 2.83. The zero-order chi connectivity index (χ0) is 7.68. The van der Waals surface area contributed by atoms with Gasteiger partial charge in [-0.1, -0.05) is 17.7 Å². The monoisotopic (exact) mass is 165 g/mol. The van der Waals surface area contributed by atoms with Crippen molar-refractivity contribution < 1.29 is 0 Å². The van der Waals surface area contributed by atoms with E-state index in [1.807, 2.05) is 30.3 Å². The Morgan fingerprint density at radius 2 is 2.09 bits per heavy atom. The highest BCUT2D eigenvalue weighted by Gasteiger charge is 1.92. The van der Waals surface area contributed by atoms with E-state index >= 15 is 0 Å². The number of halogens is 1. The van der Waals surface area contributed by atoms with Crippen molar-refractivity contribution in [2.24, 2.45) is 0 Å². The van der Waals surface area contributed by atoms with Gasteiger partial charge >= 0.3 is 0 Å². The van der Waals surface area contributed by atoms with Gasteiger partial charge in [0, 0.05) is 16.6 Å². The Hall–Kier alpha value is -1.08. The number of rotatable bonds is 0. The number of hydrogen-bond donors (Lipinski definition) is 0. The zero-order valence-corrected chi connectivity index (χ0v) is 6.55. The molecule has 0 aliphatic rings. The number of hydrogen-bond acceptors (Lipinski definition) is 1. The fourth-order valence-electron chi connectivity index (χ4n) is 1.05. The van der Waals surface area contributed by atoms with Gasteiger partial charge in [-0.25, -0.2) is 0 Å². The highest BCUT2D eigenvalue weighted by atomic mass is 35.5. The molecule has 0 saturated heterocycles. The summed E-state index contributed by atoms with van der Waals surface area (Å²) in [7, 11) is 0. The lowest BCUT2D eigenvalue weighted by Crippen LogP contribution is -1.75. The van der Waals surface area contributed by atoms with Gasteiger partial charge in [0.1, 0.15) is 0 Å². The molecule has 1 nitrogen and oxygen atoms in total. The minimum atomic E-state index is 0.755. The SMILES string of the molecule is Clc1ccc2n[13cH]c[13cH]c2c1. The van der Waals surface area contributed by atoms with Gasteiger partial charge in [-0.2, -0.15) is 0 Å². The first-order valence-corrected chi connectivity index (χ1v) is 3.74. The molecular weight excluding hydrogens is 160 g/mol. The Morgan fingerprint density at radius 3 is 3.00 bits per heavy atom. The Morgan fingerprint density at radius 1 is 1.18 bits per heavy atom. The van der Waals surface area contributed by atoms with Gasteiger partial charge in [0.25, 0.3) is 0 Å². The van der Waals surface area contributed by atoms with Crippen LogP contribution in [-0.2, 0) is 0 Å². The smallest absolute Gasteiger partial charge is 0.0702 e. The van der Waals surface area contributed by atoms with E-state index in [4.69, 9.17) is 11.6 Å². The van der Waals surface area contributed by atoms with Crippen LogP contribution in [0.3, 0.4) is 0 Å². The molecular formula is C9H6ClN. The molecule has 1 aromatic carbocycles. The summed E-state index contributed by atoms with van der Waals surface area (Å²) in [5, 5.41) is 1.84. The van der Waals surface area contributed by atoms with Crippen LogP contribution < -0.4 is 0 Å². The second kappa shape index (κ2) is 2.51. The first kappa shape index (κ1) is 6.62. The molecule has 0 aliphatic heterocycles. The van der Waals surface area contributed by atoms with Crippen LogP contribution in [-0.4, -0.2) is 4.98 Å². The lowest BCUT2D eigenvalue weighted by atomic mass is 10.3. The normalized spacial score (nSPS) is 10.3. The lowest BCUT2D eigenvalue weighted by molar-refractivity contribution is 1.41. The molecule has 0 N–H and O–H groups in total. The lowest BCUT2D eigenvalue weighted by Gasteiger charge is -1.94. The first-order valence-electron chi connectivity index (χ1n) is 3.36. The first-order chi connectivity index (χ1) is 5.36. The van der Waals surface area contributed by atoms with Crippen LogP contribution in [0.15, 0.2) is 36.5 Å². The van der Waals surface area contributed by atoms with Crippen molar-refractivity contribution in [3.8, 4) is 0 Å². The van der Waals surface area contributed by atoms with E-state index in [-0.39, 0.29) is 0 Å². The molecule has 1 heterocycles. The molecule has 0 amide bonds. The highest BCUT2D eigenvalue weighted by Crippen LogP contribution is 2.16. The van der Waals surface area contributed by atoms with Crippen molar-refractivity contribution >= 4 is 22.5 Å². The maximum absolute atomic E-state index is 5.79. The highest BCUT2D eigenvalue weighted by molar-refractivity contribution is 6.31. The van der Waals surface area contributed by atoms with E-state index in [1.165, 1.54) is 0 Å². The number of nitrogens with zero attached hydrogens (tertiary/aromatic N) is 1. The molecule has 2 heteroatoms. The van der Waals surface area contributed by atoms with E-state index in [0.717, 1.165) is 15.9 Å². The van der Waals surface area contributed by atoms with Crippen LogP contribution in [0.1, 0.15) is 0 Å². The van der Waals surface area contributed by atoms with Crippen LogP contribution in [0.2, 0.25) is 5.02 Å². The van der Waals surface area contributed by atoms with E-state index in [9.17, 15) is 0 Å². The van der Waals surface area contributed by atoms with E-state index < -0.39 is 0 Å². The van der Waals surface area contributed by atoms with E-state index in [1.54, 1.807) is 6.20 Å². The molecule has 0 saturated carbocycles. The van der Waals surface area contributed by atoms with Gasteiger partial charge in [0.05, 0.1) is 5.52 Å². The molecule has 1 aromatic heterocycles. The summed E-state index contributed by atoms with van der Waals surface area (Å²) in [6.07, 6.45) is 1.77. The summed E-state index contributed by atoms with van der Waals surface area (Å²) >= 11 is 5.79.